The second-order valence-electron chi connectivity index (χ2n) is 3.42. The molecular weight excluding hydrogens is 193 g/mol. The van der Waals surface area contributed by atoms with Crippen LogP contribution in [0, 0.1) is 0 Å². The lowest BCUT2D eigenvalue weighted by molar-refractivity contribution is -0.330. The molecule has 0 radical (unpaired) electrons. The fourth-order valence-electron chi connectivity index (χ4n) is 1.64. The van der Waals surface area contributed by atoms with Crippen molar-refractivity contribution in [3.8, 4) is 0 Å². The van der Waals surface area contributed by atoms with Gasteiger partial charge < -0.3 is 10.0 Å². The first-order valence-corrected chi connectivity index (χ1v) is 5.58. The predicted octanol–water partition coefficient (Wildman–Crippen LogP) is 0.823. The Kier molecular flexibility index (Phi) is 2.62. The standard InChI is InChI=1S/C7H13NO4P/c9-7(11-13(10)12-7)3-6-8-4-1-2-5-8/h9H,1-6H2/q+1. The number of hydrogen-bond acceptors (Lipinski definition) is 5. The molecule has 0 aromatic carbocycles. The molecule has 0 bridgehead atoms. The number of nitrogens with zero attached hydrogens (tertiary/aromatic N) is 1. The van der Waals surface area contributed by atoms with E-state index in [1.807, 2.05) is 0 Å². The van der Waals surface area contributed by atoms with Crippen LogP contribution >= 0.6 is 8.25 Å². The van der Waals surface area contributed by atoms with Gasteiger partial charge in [-0.25, -0.2) is 0 Å². The lowest BCUT2D eigenvalue weighted by atomic mass is 10.3. The number of rotatable bonds is 3. The summed E-state index contributed by atoms with van der Waals surface area (Å²) in [6, 6.07) is 0. The van der Waals surface area contributed by atoms with Crippen LogP contribution in [0.5, 0.6) is 0 Å². The lowest BCUT2D eigenvalue weighted by Crippen LogP contribution is -2.42. The van der Waals surface area contributed by atoms with Gasteiger partial charge in [-0.15, -0.1) is 0 Å². The van der Waals surface area contributed by atoms with Crippen molar-refractivity contribution in [3.05, 3.63) is 0 Å². The van der Waals surface area contributed by atoms with E-state index in [9.17, 15) is 9.67 Å². The van der Waals surface area contributed by atoms with Gasteiger partial charge in [-0.05, 0) is 35.0 Å². The van der Waals surface area contributed by atoms with E-state index in [1.54, 1.807) is 0 Å². The van der Waals surface area contributed by atoms with Crippen LogP contribution < -0.4 is 0 Å². The van der Waals surface area contributed by atoms with Crippen molar-refractivity contribution in [2.75, 3.05) is 19.6 Å². The van der Waals surface area contributed by atoms with Crippen molar-refractivity contribution in [2.45, 2.75) is 25.2 Å². The minimum Gasteiger partial charge on any atom is -0.337 e. The summed E-state index contributed by atoms with van der Waals surface area (Å²) in [6.45, 7) is 2.88. The highest BCUT2D eigenvalue weighted by molar-refractivity contribution is 7.34. The third kappa shape index (κ3) is 2.24. The zero-order valence-corrected chi connectivity index (χ0v) is 8.20. The van der Waals surface area contributed by atoms with E-state index in [-0.39, 0.29) is 0 Å². The first-order valence-electron chi connectivity index (χ1n) is 4.48. The summed E-state index contributed by atoms with van der Waals surface area (Å²) >= 11 is 0. The Morgan fingerprint density at radius 3 is 2.54 bits per heavy atom. The smallest absolute Gasteiger partial charge is 0.337 e. The van der Waals surface area contributed by atoms with Gasteiger partial charge in [-0.2, -0.15) is 0 Å². The van der Waals surface area contributed by atoms with Gasteiger partial charge in [0.2, 0.25) is 0 Å². The van der Waals surface area contributed by atoms with Gasteiger partial charge in [0.25, 0.3) is 0 Å². The number of hydrogen-bond donors (Lipinski definition) is 1. The Morgan fingerprint density at radius 2 is 2.00 bits per heavy atom. The summed E-state index contributed by atoms with van der Waals surface area (Å²) in [5.41, 5.74) is 0. The van der Waals surface area contributed by atoms with E-state index in [0.717, 1.165) is 19.6 Å². The number of likely N-dealkylation sites (tertiary alicyclic amines) is 1. The molecule has 0 atom stereocenters. The number of aliphatic hydroxyl groups is 1. The zero-order valence-electron chi connectivity index (χ0n) is 7.31. The molecule has 74 valence electrons. The van der Waals surface area contributed by atoms with Gasteiger partial charge in [0.1, 0.15) is 0 Å². The third-order valence-corrected chi connectivity index (χ3v) is 3.25. The largest absolute Gasteiger partial charge is 0.709 e. The molecule has 0 aliphatic carbocycles. The second kappa shape index (κ2) is 3.59. The first kappa shape index (κ1) is 9.49. The van der Waals surface area contributed by atoms with Crippen LogP contribution in [0.4, 0.5) is 0 Å². The topological polar surface area (TPSA) is 59.0 Å². The average Bonchev–Trinajstić information content (AvgIpc) is 2.50. The van der Waals surface area contributed by atoms with Gasteiger partial charge >= 0.3 is 14.2 Å². The molecule has 0 aromatic rings. The Bertz CT molecular complexity index is 209. The molecule has 0 unspecified atom stereocenters. The Hall–Kier alpha value is -0.0600. The van der Waals surface area contributed by atoms with E-state index in [0.29, 0.717) is 6.42 Å². The summed E-state index contributed by atoms with van der Waals surface area (Å²) in [5, 5.41) is 9.39. The van der Waals surface area contributed by atoms with Crippen LogP contribution in [0.15, 0.2) is 0 Å². The summed E-state index contributed by atoms with van der Waals surface area (Å²) in [4.78, 5) is 2.23. The van der Waals surface area contributed by atoms with Gasteiger partial charge in [0.15, 0.2) is 0 Å². The molecule has 0 aromatic heterocycles. The lowest BCUT2D eigenvalue weighted by Gasteiger charge is -2.24. The molecule has 2 aliphatic heterocycles. The minimum absolute atomic E-state index is 0.369. The van der Waals surface area contributed by atoms with Crippen molar-refractivity contribution < 1.29 is 18.7 Å². The SMILES string of the molecule is O=[P+]1OC(O)(CCN2CCCC2)O1. The normalized spacial score (nSPS) is 37.8. The van der Waals surface area contributed by atoms with Crippen molar-refractivity contribution in [1.82, 2.24) is 4.90 Å². The van der Waals surface area contributed by atoms with Crippen LogP contribution in [0.3, 0.4) is 0 Å². The molecule has 6 heteroatoms. The predicted molar refractivity (Wildman–Crippen MR) is 45.0 cm³/mol. The van der Waals surface area contributed by atoms with Crippen LogP contribution in [0.25, 0.3) is 0 Å². The highest BCUT2D eigenvalue weighted by atomic mass is 31.1. The first-order chi connectivity index (χ1) is 6.18. The van der Waals surface area contributed by atoms with Gasteiger partial charge in [-0.1, -0.05) is 0 Å². The molecule has 2 fully saturated rings. The van der Waals surface area contributed by atoms with E-state index in [1.165, 1.54) is 12.8 Å². The van der Waals surface area contributed by atoms with Gasteiger partial charge in [0, 0.05) is 11.1 Å². The molecule has 13 heavy (non-hydrogen) atoms. The molecule has 5 nitrogen and oxygen atoms in total. The summed E-state index contributed by atoms with van der Waals surface area (Å²) in [5.74, 6) is -1.57. The Balaban J connectivity index is 1.70. The molecule has 2 rings (SSSR count). The van der Waals surface area contributed by atoms with Crippen molar-refractivity contribution in [3.63, 3.8) is 0 Å². The van der Waals surface area contributed by atoms with Crippen LogP contribution in [0.1, 0.15) is 19.3 Å². The summed E-state index contributed by atoms with van der Waals surface area (Å²) < 4.78 is 19.6. The molecule has 0 spiro atoms. The van der Waals surface area contributed by atoms with E-state index < -0.39 is 14.2 Å². The monoisotopic (exact) mass is 206 g/mol. The average molecular weight is 206 g/mol. The van der Waals surface area contributed by atoms with Crippen molar-refractivity contribution >= 4 is 8.25 Å². The van der Waals surface area contributed by atoms with E-state index >= 15 is 0 Å². The van der Waals surface area contributed by atoms with E-state index in [2.05, 4.69) is 13.9 Å². The maximum Gasteiger partial charge on any atom is 0.709 e. The van der Waals surface area contributed by atoms with Crippen LogP contribution in [0.2, 0.25) is 0 Å². The molecule has 1 N–H and O–H groups in total. The second-order valence-corrected chi connectivity index (χ2v) is 4.23. The van der Waals surface area contributed by atoms with Crippen LogP contribution in [-0.2, 0) is 13.6 Å². The zero-order chi connectivity index (χ0) is 9.31. The molecular formula is C7H13NO4P+. The molecule has 2 heterocycles. The highest BCUT2D eigenvalue weighted by Gasteiger charge is 2.59. The fourth-order valence-corrected chi connectivity index (χ4v) is 2.30. The summed E-state index contributed by atoms with van der Waals surface area (Å²) in [6.07, 6.45) is 2.80. The van der Waals surface area contributed by atoms with Crippen molar-refractivity contribution in [1.29, 1.82) is 0 Å². The quantitative estimate of drug-likeness (QED) is 0.693. The Labute approximate surface area is 77.6 Å². The molecule has 2 aliphatic rings. The third-order valence-electron chi connectivity index (χ3n) is 2.38. The molecule has 0 amide bonds. The maximum atomic E-state index is 10.4. The van der Waals surface area contributed by atoms with Gasteiger partial charge in [0.05, 0.1) is 6.42 Å². The van der Waals surface area contributed by atoms with Gasteiger partial charge in [-0.3, -0.25) is 0 Å². The van der Waals surface area contributed by atoms with Crippen molar-refractivity contribution in [2.24, 2.45) is 0 Å². The molecule has 2 saturated heterocycles. The maximum absolute atomic E-state index is 10.4. The Morgan fingerprint density at radius 1 is 1.38 bits per heavy atom. The van der Waals surface area contributed by atoms with Crippen LogP contribution in [-0.4, -0.2) is 35.6 Å². The fraction of sp³-hybridized carbons (Fsp3) is 1.00. The minimum atomic E-state index is -2.05. The van der Waals surface area contributed by atoms with E-state index in [4.69, 9.17) is 0 Å². The highest BCUT2D eigenvalue weighted by Crippen LogP contribution is 2.48. The summed E-state index contributed by atoms with van der Waals surface area (Å²) in [7, 11) is -2.05. The molecule has 0 saturated carbocycles.